The number of nitrogens with zero attached hydrogens (tertiary/aromatic N) is 1. The van der Waals surface area contributed by atoms with Crippen molar-refractivity contribution in [2.45, 2.75) is 51.4 Å². The summed E-state index contributed by atoms with van der Waals surface area (Å²) in [5.41, 5.74) is 2.76. The van der Waals surface area contributed by atoms with E-state index in [0.29, 0.717) is 23.2 Å². The summed E-state index contributed by atoms with van der Waals surface area (Å²) in [6.07, 6.45) is 10.1. The maximum Gasteiger partial charge on any atom is 0.354 e. The maximum atomic E-state index is 13.6. The third kappa shape index (κ3) is 2.75. The van der Waals surface area contributed by atoms with E-state index in [0.717, 1.165) is 43.2 Å². The lowest BCUT2D eigenvalue weighted by Gasteiger charge is -2.56. The van der Waals surface area contributed by atoms with Crippen molar-refractivity contribution in [2.24, 2.45) is 23.2 Å². The Hall–Kier alpha value is -3.26. The lowest BCUT2D eigenvalue weighted by atomic mass is 9.48. The summed E-state index contributed by atoms with van der Waals surface area (Å²) in [4.78, 5) is 25.0. The van der Waals surface area contributed by atoms with Gasteiger partial charge in [-0.2, -0.15) is 5.26 Å². The Morgan fingerprint density at radius 1 is 1.12 bits per heavy atom. The van der Waals surface area contributed by atoms with Crippen molar-refractivity contribution in [3.05, 3.63) is 81.0 Å². The van der Waals surface area contributed by atoms with Gasteiger partial charge in [0.25, 0.3) is 0 Å². The van der Waals surface area contributed by atoms with Crippen LogP contribution in [0.25, 0.3) is 11.3 Å². The molecule has 2 aromatic rings. The number of carbonyl (C=O) groups is 1. The number of hydrogen-bond donors (Lipinski definition) is 0. The molecule has 0 bridgehead atoms. The van der Waals surface area contributed by atoms with Crippen molar-refractivity contribution in [2.75, 3.05) is 0 Å². The van der Waals surface area contributed by atoms with Gasteiger partial charge in [-0.15, -0.1) is 0 Å². The molecule has 34 heavy (non-hydrogen) atoms. The largest absolute Gasteiger partial charge is 0.421 e. The number of allylic oxidation sites excluding steroid dienone is 4. The van der Waals surface area contributed by atoms with Gasteiger partial charge in [-0.3, -0.25) is 4.79 Å². The minimum atomic E-state index is -0.612. The summed E-state index contributed by atoms with van der Waals surface area (Å²) >= 11 is 0. The number of nitriles is 1. The Morgan fingerprint density at radius 2 is 1.88 bits per heavy atom. The predicted octanol–water partition coefficient (Wildman–Crippen LogP) is 5.64. The third-order valence-electron chi connectivity index (χ3n) is 9.38. The van der Waals surface area contributed by atoms with E-state index in [4.69, 9.17) is 4.42 Å². The standard InChI is InChI=1S/C29H26FNO3/c1-28-11-9-19(32)13-17(28)5-8-20-23(28)10-12-29(2)24(20)14-21-25(29)22(15-31)27(33)34-26(21)16-3-6-18(30)7-4-16/h3-4,6-7,9,11,13,20,23-24H,5,8,10,12,14H2,1-2H3. The molecule has 6 rings (SSSR count). The van der Waals surface area contributed by atoms with E-state index >= 15 is 0 Å². The minimum Gasteiger partial charge on any atom is -0.421 e. The van der Waals surface area contributed by atoms with Gasteiger partial charge in [0.1, 0.15) is 23.2 Å². The van der Waals surface area contributed by atoms with Gasteiger partial charge in [0.05, 0.1) is 0 Å². The lowest BCUT2D eigenvalue weighted by molar-refractivity contribution is -0.111. The molecule has 4 nitrogen and oxygen atoms in total. The van der Waals surface area contributed by atoms with Gasteiger partial charge < -0.3 is 4.42 Å². The number of ketones is 1. The summed E-state index contributed by atoms with van der Waals surface area (Å²) in [7, 11) is 0. The van der Waals surface area contributed by atoms with E-state index < -0.39 is 5.63 Å². The Bertz CT molecular complexity index is 1390. The highest BCUT2D eigenvalue weighted by Crippen LogP contribution is 2.64. The van der Waals surface area contributed by atoms with Crippen LogP contribution in [-0.4, -0.2) is 5.78 Å². The molecule has 0 saturated heterocycles. The summed E-state index contributed by atoms with van der Waals surface area (Å²) in [5, 5.41) is 9.93. The molecule has 5 unspecified atom stereocenters. The Balaban J connectivity index is 1.49. The number of carbonyl (C=O) groups excluding carboxylic acids is 1. The van der Waals surface area contributed by atoms with Crippen LogP contribution in [0.1, 0.15) is 56.2 Å². The molecule has 5 atom stereocenters. The number of halogens is 1. The monoisotopic (exact) mass is 455 g/mol. The minimum absolute atomic E-state index is 0.0760. The zero-order chi connectivity index (χ0) is 23.8. The SMILES string of the molecule is CC12C=CC(=O)C=C1CCC1C2CCC2(C)c3c(c(-c4ccc(F)cc4)oc(=O)c3C#N)CC12. The average molecular weight is 456 g/mol. The van der Waals surface area contributed by atoms with Gasteiger partial charge in [0, 0.05) is 16.5 Å². The molecule has 0 aliphatic heterocycles. The van der Waals surface area contributed by atoms with Gasteiger partial charge >= 0.3 is 5.63 Å². The molecular formula is C29H26FNO3. The maximum absolute atomic E-state index is 13.6. The fraction of sp³-hybridized carbons (Fsp3) is 0.414. The molecule has 1 aromatic carbocycles. The molecule has 0 spiro atoms. The number of rotatable bonds is 1. The zero-order valence-electron chi connectivity index (χ0n) is 19.4. The van der Waals surface area contributed by atoms with Crippen LogP contribution in [0.3, 0.4) is 0 Å². The topological polar surface area (TPSA) is 71.1 Å². The van der Waals surface area contributed by atoms with E-state index in [2.05, 4.69) is 26.0 Å². The second kappa shape index (κ2) is 7.12. The highest BCUT2D eigenvalue weighted by atomic mass is 19.1. The first-order valence-electron chi connectivity index (χ1n) is 12.1. The molecule has 4 aliphatic carbocycles. The first-order valence-corrected chi connectivity index (χ1v) is 12.1. The van der Waals surface area contributed by atoms with Crippen molar-refractivity contribution in [1.82, 2.24) is 0 Å². The number of benzene rings is 1. The fourth-order valence-corrected chi connectivity index (χ4v) is 7.76. The second-order valence-corrected chi connectivity index (χ2v) is 10.8. The van der Waals surface area contributed by atoms with E-state index in [1.54, 1.807) is 18.2 Å². The van der Waals surface area contributed by atoms with Crippen molar-refractivity contribution in [3.63, 3.8) is 0 Å². The molecule has 1 heterocycles. The van der Waals surface area contributed by atoms with Crippen molar-refractivity contribution >= 4 is 5.78 Å². The molecule has 0 amide bonds. The van der Waals surface area contributed by atoms with Crippen molar-refractivity contribution in [3.8, 4) is 17.4 Å². The molecule has 0 radical (unpaired) electrons. The third-order valence-corrected chi connectivity index (χ3v) is 9.38. The van der Waals surface area contributed by atoms with Crippen molar-refractivity contribution in [1.29, 1.82) is 5.26 Å². The summed E-state index contributed by atoms with van der Waals surface area (Å²) in [6.45, 7) is 4.47. The lowest BCUT2D eigenvalue weighted by Crippen LogP contribution is -2.50. The molecule has 1 aromatic heterocycles. The fourth-order valence-electron chi connectivity index (χ4n) is 7.76. The second-order valence-electron chi connectivity index (χ2n) is 10.8. The van der Waals surface area contributed by atoms with Gasteiger partial charge in [-0.25, -0.2) is 9.18 Å². The molecular weight excluding hydrogens is 429 g/mol. The van der Waals surface area contributed by atoms with Gasteiger partial charge in [0.15, 0.2) is 5.78 Å². The Labute approximate surface area is 197 Å². The van der Waals surface area contributed by atoms with E-state index in [9.17, 15) is 19.2 Å². The zero-order valence-corrected chi connectivity index (χ0v) is 19.4. The van der Waals surface area contributed by atoms with Crippen LogP contribution < -0.4 is 5.63 Å². The summed E-state index contributed by atoms with van der Waals surface area (Å²) in [5.74, 6) is 1.29. The molecule has 4 aliphatic rings. The van der Waals surface area contributed by atoms with Crippen LogP contribution in [0.2, 0.25) is 0 Å². The first kappa shape index (κ1) is 21.3. The molecule has 2 saturated carbocycles. The van der Waals surface area contributed by atoms with Crippen LogP contribution in [0.4, 0.5) is 4.39 Å². The van der Waals surface area contributed by atoms with Gasteiger partial charge in [-0.05, 0) is 97.3 Å². The van der Waals surface area contributed by atoms with Crippen LogP contribution in [0.5, 0.6) is 0 Å². The van der Waals surface area contributed by atoms with Crippen LogP contribution in [0, 0.1) is 40.3 Å². The number of fused-ring (bicyclic) bond motifs is 7. The van der Waals surface area contributed by atoms with Crippen LogP contribution in [0.15, 0.2) is 57.3 Å². The van der Waals surface area contributed by atoms with E-state index in [1.807, 2.05) is 6.08 Å². The van der Waals surface area contributed by atoms with Crippen LogP contribution >= 0.6 is 0 Å². The van der Waals surface area contributed by atoms with E-state index in [-0.39, 0.29) is 33.9 Å². The summed E-state index contributed by atoms with van der Waals surface area (Å²) in [6, 6.07) is 8.15. The molecule has 0 N–H and O–H groups in total. The number of hydrogen-bond acceptors (Lipinski definition) is 4. The van der Waals surface area contributed by atoms with Gasteiger partial charge in [-0.1, -0.05) is 25.5 Å². The quantitative estimate of drug-likeness (QED) is 0.558. The highest BCUT2D eigenvalue weighted by molar-refractivity contribution is 6.01. The van der Waals surface area contributed by atoms with Crippen LogP contribution in [-0.2, 0) is 16.6 Å². The smallest absolute Gasteiger partial charge is 0.354 e. The molecule has 172 valence electrons. The first-order chi connectivity index (χ1) is 16.3. The van der Waals surface area contributed by atoms with Crippen molar-refractivity contribution < 1.29 is 13.6 Å². The summed E-state index contributed by atoms with van der Waals surface area (Å²) < 4.78 is 19.3. The predicted molar refractivity (Wildman–Crippen MR) is 125 cm³/mol. The molecule has 5 heteroatoms. The Morgan fingerprint density at radius 3 is 2.62 bits per heavy atom. The van der Waals surface area contributed by atoms with E-state index in [1.165, 1.54) is 17.7 Å². The normalized spacial score (nSPS) is 33.3. The molecule has 2 fully saturated rings. The Kier molecular flexibility index (Phi) is 4.46. The van der Waals surface area contributed by atoms with Gasteiger partial charge in [0.2, 0.25) is 0 Å². The highest BCUT2D eigenvalue weighted by Gasteiger charge is 2.58. The average Bonchev–Trinajstić information content (AvgIpc) is 3.13.